The fourth-order valence-corrected chi connectivity index (χ4v) is 3.52. The van der Waals surface area contributed by atoms with E-state index in [9.17, 15) is 0 Å². The maximum absolute atomic E-state index is 5.72. The van der Waals surface area contributed by atoms with Crippen LogP contribution in [0.1, 0.15) is 16.5 Å². The first-order valence-electron chi connectivity index (χ1n) is 6.10. The molecule has 1 aromatic carbocycles. The molecule has 1 atom stereocenters. The van der Waals surface area contributed by atoms with E-state index in [1.165, 1.54) is 4.88 Å². The highest BCUT2D eigenvalue weighted by Gasteiger charge is 2.20. The van der Waals surface area contributed by atoms with Gasteiger partial charge >= 0.3 is 0 Å². The number of hydrogen-bond acceptors (Lipinski definition) is 5. The van der Waals surface area contributed by atoms with E-state index >= 15 is 0 Å². The van der Waals surface area contributed by atoms with Crippen molar-refractivity contribution in [2.24, 2.45) is 5.84 Å². The molecule has 0 spiro atoms. The predicted octanol–water partition coefficient (Wildman–Crippen LogP) is 3.27. The van der Waals surface area contributed by atoms with Crippen molar-refractivity contribution in [2.45, 2.75) is 12.5 Å². The molecular formula is C14H17BrN2O2S. The molecule has 0 radical (unpaired) electrons. The third-order valence-corrected chi connectivity index (χ3v) is 4.73. The first-order valence-corrected chi connectivity index (χ1v) is 7.77. The Morgan fingerprint density at radius 3 is 2.65 bits per heavy atom. The van der Waals surface area contributed by atoms with Crippen LogP contribution in [0.2, 0.25) is 0 Å². The van der Waals surface area contributed by atoms with Gasteiger partial charge in [-0.1, -0.05) is 6.07 Å². The second-order valence-electron chi connectivity index (χ2n) is 4.21. The lowest BCUT2D eigenvalue weighted by Gasteiger charge is -2.20. The van der Waals surface area contributed by atoms with E-state index in [0.717, 1.165) is 28.0 Å². The van der Waals surface area contributed by atoms with Crippen LogP contribution in [0.25, 0.3) is 0 Å². The number of hydrogen-bond donors (Lipinski definition) is 2. The summed E-state index contributed by atoms with van der Waals surface area (Å²) in [4.78, 5) is 1.27. The number of thiophene rings is 1. The van der Waals surface area contributed by atoms with Gasteiger partial charge in [0.25, 0.3) is 0 Å². The van der Waals surface area contributed by atoms with Gasteiger partial charge in [-0.2, -0.15) is 0 Å². The van der Waals surface area contributed by atoms with Crippen LogP contribution >= 0.6 is 27.3 Å². The summed E-state index contributed by atoms with van der Waals surface area (Å²) in [5, 5.41) is 2.06. The average Bonchev–Trinajstić information content (AvgIpc) is 2.97. The second kappa shape index (κ2) is 7.08. The minimum Gasteiger partial charge on any atom is -0.495 e. The number of ether oxygens (including phenoxy) is 2. The summed E-state index contributed by atoms with van der Waals surface area (Å²) < 4.78 is 11.6. The van der Waals surface area contributed by atoms with E-state index in [1.807, 2.05) is 18.2 Å². The Bertz CT molecular complexity index is 561. The molecule has 0 saturated carbocycles. The second-order valence-corrected chi connectivity index (χ2v) is 6.03. The van der Waals surface area contributed by atoms with Gasteiger partial charge in [0.2, 0.25) is 0 Å². The van der Waals surface area contributed by atoms with Gasteiger partial charge in [0.05, 0.1) is 20.3 Å². The molecule has 6 heteroatoms. The smallest absolute Gasteiger partial charge is 0.141 e. The lowest BCUT2D eigenvalue weighted by molar-refractivity contribution is 0.379. The average molecular weight is 357 g/mol. The van der Waals surface area contributed by atoms with Gasteiger partial charge in [-0.15, -0.1) is 11.3 Å². The molecule has 2 rings (SSSR count). The molecule has 0 aliphatic carbocycles. The number of nitrogens with one attached hydrogen (secondary N) is 1. The van der Waals surface area contributed by atoms with Gasteiger partial charge < -0.3 is 9.47 Å². The molecule has 0 aliphatic heterocycles. The third kappa shape index (κ3) is 3.15. The summed E-state index contributed by atoms with van der Waals surface area (Å²) in [5.41, 5.74) is 3.86. The summed E-state index contributed by atoms with van der Waals surface area (Å²) in [6, 6.07) is 7.99. The lowest BCUT2D eigenvalue weighted by atomic mass is 10.0. The van der Waals surface area contributed by atoms with Crippen molar-refractivity contribution in [1.82, 2.24) is 5.43 Å². The van der Waals surface area contributed by atoms with E-state index < -0.39 is 0 Å². The molecule has 0 aliphatic rings. The Hall–Kier alpha value is -1.08. The number of nitrogens with two attached hydrogens (primary N) is 1. The molecule has 0 saturated heterocycles. The van der Waals surface area contributed by atoms with Crippen molar-refractivity contribution < 1.29 is 9.47 Å². The monoisotopic (exact) mass is 356 g/mol. The van der Waals surface area contributed by atoms with Crippen molar-refractivity contribution in [3.05, 3.63) is 44.6 Å². The van der Waals surface area contributed by atoms with Crippen LogP contribution in [0.15, 0.2) is 34.1 Å². The number of rotatable bonds is 6. The van der Waals surface area contributed by atoms with E-state index in [1.54, 1.807) is 25.6 Å². The zero-order chi connectivity index (χ0) is 14.5. The summed E-state index contributed by atoms with van der Waals surface area (Å²) in [7, 11) is 3.27. The fourth-order valence-electron chi connectivity index (χ4n) is 2.08. The Morgan fingerprint density at radius 2 is 2.10 bits per heavy atom. The highest BCUT2D eigenvalue weighted by atomic mass is 79.9. The number of hydrazine groups is 1. The third-order valence-electron chi connectivity index (χ3n) is 3.08. The molecule has 0 bridgehead atoms. The van der Waals surface area contributed by atoms with Gasteiger partial charge in [0.15, 0.2) is 0 Å². The molecule has 0 amide bonds. The molecule has 4 nitrogen and oxygen atoms in total. The predicted molar refractivity (Wildman–Crippen MR) is 85.3 cm³/mol. The zero-order valence-electron chi connectivity index (χ0n) is 11.4. The quantitative estimate of drug-likeness (QED) is 0.615. The topological polar surface area (TPSA) is 56.5 Å². The minimum atomic E-state index is -0.0224. The van der Waals surface area contributed by atoms with Crippen LogP contribution in [0.3, 0.4) is 0 Å². The number of benzene rings is 1. The van der Waals surface area contributed by atoms with Crippen LogP contribution in [0.5, 0.6) is 11.5 Å². The zero-order valence-corrected chi connectivity index (χ0v) is 13.8. The Kier molecular flexibility index (Phi) is 5.42. The van der Waals surface area contributed by atoms with E-state index in [-0.39, 0.29) is 6.04 Å². The standard InChI is InChI=1S/C14H17BrN2O2S/c1-18-12-6-5-10(14(19-2)13(12)15)11(17-16)8-9-4-3-7-20-9/h3-7,11,17H,8,16H2,1-2H3. The molecule has 108 valence electrons. The Morgan fingerprint density at radius 1 is 1.30 bits per heavy atom. The van der Waals surface area contributed by atoms with Crippen LogP contribution in [-0.4, -0.2) is 14.2 Å². The Labute approximate surface area is 131 Å². The van der Waals surface area contributed by atoms with Crippen LogP contribution in [0.4, 0.5) is 0 Å². The maximum atomic E-state index is 5.72. The molecule has 2 aromatic rings. The van der Waals surface area contributed by atoms with Crippen molar-refractivity contribution in [3.63, 3.8) is 0 Å². The van der Waals surface area contributed by atoms with E-state index in [0.29, 0.717) is 0 Å². The van der Waals surface area contributed by atoms with Gasteiger partial charge in [-0.25, -0.2) is 0 Å². The summed E-state index contributed by atoms with van der Waals surface area (Å²) in [5.74, 6) is 7.19. The fraction of sp³-hybridized carbons (Fsp3) is 0.286. The molecule has 1 aromatic heterocycles. The minimum absolute atomic E-state index is 0.0224. The van der Waals surface area contributed by atoms with E-state index in [4.69, 9.17) is 15.3 Å². The number of methoxy groups -OCH3 is 2. The van der Waals surface area contributed by atoms with Crippen molar-refractivity contribution in [3.8, 4) is 11.5 Å². The van der Waals surface area contributed by atoms with Crippen molar-refractivity contribution in [1.29, 1.82) is 0 Å². The van der Waals surface area contributed by atoms with Gasteiger partial charge in [-0.3, -0.25) is 11.3 Å². The van der Waals surface area contributed by atoms with Crippen LogP contribution < -0.4 is 20.7 Å². The molecular weight excluding hydrogens is 340 g/mol. The molecule has 0 fully saturated rings. The van der Waals surface area contributed by atoms with Crippen LogP contribution in [-0.2, 0) is 6.42 Å². The molecule has 1 heterocycles. The molecule has 1 unspecified atom stereocenters. The SMILES string of the molecule is COc1ccc(C(Cc2cccs2)NN)c(OC)c1Br. The first-order chi connectivity index (χ1) is 9.71. The van der Waals surface area contributed by atoms with Crippen LogP contribution in [0, 0.1) is 0 Å². The Balaban J connectivity index is 2.36. The normalized spacial score (nSPS) is 12.2. The van der Waals surface area contributed by atoms with E-state index in [2.05, 4.69) is 32.8 Å². The highest BCUT2D eigenvalue weighted by molar-refractivity contribution is 9.10. The summed E-state index contributed by atoms with van der Waals surface area (Å²) >= 11 is 5.23. The summed E-state index contributed by atoms with van der Waals surface area (Å²) in [6.45, 7) is 0. The number of halogens is 1. The lowest BCUT2D eigenvalue weighted by Crippen LogP contribution is -2.29. The first kappa shape index (κ1) is 15.3. The van der Waals surface area contributed by atoms with Gasteiger partial charge in [0, 0.05) is 16.9 Å². The maximum Gasteiger partial charge on any atom is 0.141 e. The largest absolute Gasteiger partial charge is 0.495 e. The highest BCUT2D eigenvalue weighted by Crippen LogP contribution is 2.40. The molecule has 20 heavy (non-hydrogen) atoms. The van der Waals surface area contributed by atoms with Gasteiger partial charge in [0.1, 0.15) is 16.0 Å². The van der Waals surface area contributed by atoms with Gasteiger partial charge in [-0.05, 0) is 39.5 Å². The molecule has 3 N–H and O–H groups in total. The van der Waals surface area contributed by atoms with Crippen molar-refractivity contribution in [2.75, 3.05) is 14.2 Å². The van der Waals surface area contributed by atoms with Crippen molar-refractivity contribution >= 4 is 27.3 Å². The summed E-state index contributed by atoms with van der Waals surface area (Å²) in [6.07, 6.45) is 0.809.